The van der Waals surface area contributed by atoms with Gasteiger partial charge in [-0.1, -0.05) is 43.0 Å². The maximum absolute atomic E-state index is 3.68. The molecule has 0 saturated carbocycles. The van der Waals surface area contributed by atoms with Gasteiger partial charge in [0.2, 0.25) is 0 Å². The average molecular weight is 215 g/mol. The normalized spacial score (nSPS) is 37.3. The summed E-state index contributed by atoms with van der Waals surface area (Å²) in [5.41, 5.74) is 2.22. The van der Waals surface area contributed by atoms with Crippen molar-refractivity contribution in [3.8, 4) is 0 Å². The molecule has 1 heterocycles. The molecule has 3 atom stereocenters. The quantitative estimate of drug-likeness (QED) is 0.612. The second-order valence-electron chi connectivity index (χ2n) is 4.66. The van der Waals surface area contributed by atoms with Crippen LogP contribution in [-0.4, -0.2) is 14.8 Å². The summed E-state index contributed by atoms with van der Waals surface area (Å²) in [6, 6.07) is 0.568. The highest BCUT2D eigenvalue weighted by molar-refractivity contribution is 6.69. The van der Waals surface area contributed by atoms with Crippen molar-refractivity contribution >= 4 is 8.80 Å². The lowest BCUT2D eigenvalue weighted by atomic mass is 10.1. The maximum Gasteiger partial charge on any atom is 0.0796 e. The zero-order valence-electron chi connectivity index (χ0n) is 9.11. The third kappa shape index (κ3) is 1.44. The minimum atomic E-state index is -0.781. The van der Waals surface area contributed by atoms with Crippen molar-refractivity contribution in [3.05, 3.63) is 47.3 Å². The SMILES string of the molecule is C[Si@H]1C2=CCCC=C2NC2C=CC=CC21. The van der Waals surface area contributed by atoms with E-state index < -0.39 is 8.80 Å². The van der Waals surface area contributed by atoms with Gasteiger partial charge >= 0.3 is 0 Å². The predicted octanol–water partition coefficient (Wildman–Crippen LogP) is 2.45. The van der Waals surface area contributed by atoms with Gasteiger partial charge in [-0.2, -0.15) is 0 Å². The summed E-state index contributed by atoms with van der Waals surface area (Å²) in [6.45, 7) is 2.49. The Hall–Kier alpha value is -1.02. The summed E-state index contributed by atoms with van der Waals surface area (Å²) in [5, 5.41) is 5.35. The van der Waals surface area contributed by atoms with Crippen molar-refractivity contribution in [2.75, 3.05) is 0 Å². The molecule has 1 N–H and O–H groups in total. The molecular weight excluding hydrogens is 198 g/mol. The molecule has 0 radical (unpaired) electrons. The lowest BCUT2D eigenvalue weighted by molar-refractivity contribution is 0.647. The van der Waals surface area contributed by atoms with E-state index >= 15 is 0 Å². The van der Waals surface area contributed by atoms with Crippen LogP contribution < -0.4 is 5.32 Å². The number of nitrogens with one attached hydrogen (secondary N) is 1. The molecule has 0 aromatic heterocycles. The van der Waals surface area contributed by atoms with Crippen LogP contribution in [0.25, 0.3) is 0 Å². The smallest absolute Gasteiger partial charge is 0.0796 e. The molecule has 2 heteroatoms. The number of hydrogen-bond donors (Lipinski definition) is 1. The number of fused-ring (bicyclic) bond motifs is 2. The molecule has 2 aliphatic carbocycles. The summed E-state index contributed by atoms with van der Waals surface area (Å²) in [4.78, 5) is 0. The predicted molar refractivity (Wildman–Crippen MR) is 67.4 cm³/mol. The van der Waals surface area contributed by atoms with Crippen LogP contribution in [0.3, 0.4) is 0 Å². The fraction of sp³-hybridized carbons (Fsp3) is 0.385. The zero-order chi connectivity index (χ0) is 10.3. The van der Waals surface area contributed by atoms with E-state index in [0.29, 0.717) is 6.04 Å². The second kappa shape index (κ2) is 3.53. The Morgan fingerprint density at radius 2 is 2.00 bits per heavy atom. The molecule has 0 amide bonds. The minimum Gasteiger partial charge on any atom is -0.379 e. The number of allylic oxidation sites excluding steroid dienone is 5. The van der Waals surface area contributed by atoms with E-state index in [-0.39, 0.29) is 0 Å². The summed E-state index contributed by atoms with van der Waals surface area (Å²) < 4.78 is 0. The molecule has 1 aliphatic heterocycles. The van der Waals surface area contributed by atoms with E-state index in [9.17, 15) is 0 Å². The van der Waals surface area contributed by atoms with Crippen LogP contribution in [0.2, 0.25) is 12.1 Å². The lowest BCUT2D eigenvalue weighted by Crippen LogP contribution is -2.46. The van der Waals surface area contributed by atoms with Crippen molar-refractivity contribution < 1.29 is 0 Å². The van der Waals surface area contributed by atoms with E-state index in [0.717, 1.165) is 5.54 Å². The van der Waals surface area contributed by atoms with E-state index in [1.54, 1.807) is 5.20 Å². The first-order valence-electron chi connectivity index (χ1n) is 5.88. The summed E-state index contributed by atoms with van der Waals surface area (Å²) >= 11 is 0. The van der Waals surface area contributed by atoms with Gasteiger partial charge in [0, 0.05) is 11.7 Å². The highest BCUT2D eigenvalue weighted by Crippen LogP contribution is 2.36. The minimum absolute atomic E-state index is 0.568. The first-order chi connectivity index (χ1) is 7.36. The van der Waals surface area contributed by atoms with E-state index in [4.69, 9.17) is 0 Å². The molecule has 0 aromatic rings. The van der Waals surface area contributed by atoms with Crippen LogP contribution in [0, 0.1) is 0 Å². The highest BCUT2D eigenvalue weighted by Gasteiger charge is 2.34. The maximum atomic E-state index is 3.68. The molecule has 3 rings (SSSR count). The van der Waals surface area contributed by atoms with Crippen LogP contribution in [0.15, 0.2) is 47.3 Å². The third-order valence-electron chi connectivity index (χ3n) is 3.76. The van der Waals surface area contributed by atoms with Gasteiger partial charge in [0.1, 0.15) is 0 Å². The lowest BCUT2D eigenvalue weighted by Gasteiger charge is -2.40. The van der Waals surface area contributed by atoms with Crippen molar-refractivity contribution in [1.82, 2.24) is 5.32 Å². The van der Waals surface area contributed by atoms with Crippen molar-refractivity contribution in [2.45, 2.75) is 31.0 Å². The van der Waals surface area contributed by atoms with Crippen molar-refractivity contribution in [3.63, 3.8) is 0 Å². The molecule has 1 fully saturated rings. The van der Waals surface area contributed by atoms with Crippen LogP contribution in [-0.2, 0) is 0 Å². The summed E-state index contributed by atoms with van der Waals surface area (Å²) in [5.74, 6) is 0. The summed E-state index contributed by atoms with van der Waals surface area (Å²) in [6.07, 6.45) is 16.4. The zero-order valence-corrected chi connectivity index (χ0v) is 10.3. The molecular formula is C13H17NSi. The Labute approximate surface area is 92.9 Å². The first-order valence-corrected chi connectivity index (χ1v) is 8.28. The fourth-order valence-electron chi connectivity index (χ4n) is 2.90. The average Bonchev–Trinajstić information content (AvgIpc) is 2.30. The van der Waals surface area contributed by atoms with Crippen LogP contribution in [0.4, 0.5) is 0 Å². The largest absolute Gasteiger partial charge is 0.379 e. The summed E-state index contributed by atoms with van der Waals surface area (Å²) in [7, 11) is -0.781. The van der Waals surface area contributed by atoms with Gasteiger partial charge in [-0.05, 0) is 23.6 Å². The van der Waals surface area contributed by atoms with Gasteiger partial charge in [-0.3, -0.25) is 0 Å². The van der Waals surface area contributed by atoms with Gasteiger partial charge in [-0.15, -0.1) is 0 Å². The fourth-order valence-corrected chi connectivity index (χ4v) is 5.85. The van der Waals surface area contributed by atoms with Gasteiger partial charge in [0.25, 0.3) is 0 Å². The van der Waals surface area contributed by atoms with E-state index in [1.165, 1.54) is 18.5 Å². The molecule has 0 spiro atoms. The monoisotopic (exact) mass is 215 g/mol. The Morgan fingerprint density at radius 3 is 2.93 bits per heavy atom. The Kier molecular flexibility index (Phi) is 2.17. The molecule has 3 aliphatic rings. The second-order valence-corrected chi connectivity index (χ2v) is 7.63. The van der Waals surface area contributed by atoms with Crippen LogP contribution >= 0.6 is 0 Å². The van der Waals surface area contributed by atoms with Gasteiger partial charge in [-0.25, -0.2) is 0 Å². The number of rotatable bonds is 0. The standard InChI is InChI=1S/C13H17NSi/c1-15-12-8-4-2-6-10(12)14-11-7-3-5-9-13(11)15/h2,4,6-10,12,14-15H,3,5H2,1H3/t10?,12?,15-/m1/s1. The van der Waals surface area contributed by atoms with Crippen molar-refractivity contribution in [1.29, 1.82) is 0 Å². The molecule has 0 bridgehead atoms. The number of hydrogen-bond acceptors (Lipinski definition) is 1. The van der Waals surface area contributed by atoms with Gasteiger partial charge in [0.05, 0.1) is 8.80 Å². The van der Waals surface area contributed by atoms with Gasteiger partial charge < -0.3 is 5.32 Å². The Morgan fingerprint density at radius 1 is 1.20 bits per heavy atom. The van der Waals surface area contributed by atoms with Gasteiger partial charge in [0.15, 0.2) is 0 Å². The topological polar surface area (TPSA) is 12.0 Å². The molecule has 1 saturated heterocycles. The molecule has 78 valence electrons. The Balaban J connectivity index is 1.97. The molecule has 1 nitrogen and oxygen atoms in total. The van der Waals surface area contributed by atoms with E-state index in [2.05, 4.69) is 48.3 Å². The van der Waals surface area contributed by atoms with Crippen molar-refractivity contribution in [2.24, 2.45) is 0 Å². The van der Waals surface area contributed by atoms with Crippen LogP contribution in [0.5, 0.6) is 0 Å². The van der Waals surface area contributed by atoms with E-state index in [1.807, 2.05) is 0 Å². The first kappa shape index (κ1) is 9.22. The Bertz CT molecular complexity index is 389. The molecule has 15 heavy (non-hydrogen) atoms. The molecule has 0 aromatic carbocycles. The third-order valence-corrected chi connectivity index (χ3v) is 7.08. The van der Waals surface area contributed by atoms with Crippen LogP contribution in [0.1, 0.15) is 12.8 Å². The molecule has 2 unspecified atom stereocenters. The highest BCUT2D eigenvalue weighted by atomic mass is 28.3.